The van der Waals surface area contributed by atoms with Crippen LogP contribution in [0.15, 0.2) is 29.1 Å². The van der Waals surface area contributed by atoms with E-state index in [4.69, 9.17) is 17.3 Å². The Bertz CT molecular complexity index is 1110. The quantitative estimate of drug-likeness (QED) is 0.623. The minimum absolute atomic E-state index is 0. The van der Waals surface area contributed by atoms with E-state index in [1.807, 2.05) is 10.00 Å². The molecule has 3 heterocycles. The second kappa shape index (κ2) is 8.44. The molecule has 12 heteroatoms. The lowest BCUT2D eigenvalue weighted by molar-refractivity contribution is -0.147. The highest BCUT2D eigenvalue weighted by molar-refractivity contribution is 6.31. The van der Waals surface area contributed by atoms with Crippen LogP contribution in [0.3, 0.4) is 0 Å². The van der Waals surface area contributed by atoms with Gasteiger partial charge in [0.15, 0.2) is 5.82 Å². The topological polar surface area (TPSA) is 92.3 Å². The Hall–Kier alpha value is -2.30. The number of hydrogen-bond donors (Lipinski definition) is 2. The minimum atomic E-state index is -4.79. The van der Waals surface area contributed by atoms with E-state index in [-0.39, 0.29) is 30.4 Å². The first kappa shape index (κ1) is 22.4. The van der Waals surface area contributed by atoms with Gasteiger partial charge in [-0.2, -0.15) is 13.2 Å². The molecule has 30 heavy (non-hydrogen) atoms. The predicted octanol–water partition coefficient (Wildman–Crippen LogP) is 3.03. The lowest BCUT2D eigenvalue weighted by Gasteiger charge is -2.31. The lowest BCUT2D eigenvalue weighted by atomic mass is 10.0. The number of rotatable bonds is 3. The number of hydrogen-bond acceptors (Lipinski definition) is 5. The van der Waals surface area contributed by atoms with E-state index in [0.29, 0.717) is 39.6 Å². The maximum absolute atomic E-state index is 13.5. The van der Waals surface area contributed by atoms with Gasteiger partial charge in [-0.15, -0.1) is 22.6 Å². The fraction of sp³-hybridized carbons (Fsp3) is 0.389. The van der Waals surface area contributed by atoms with E-state index < -0.39 is 17.6 Å². The molecule has 1 aliphatic heterocycles. The molecule has 0 radical (unpaired) electrons. The molecule has 0 unspecified atom stereocenters. The summed E-state index contributed by atoms with van der Waals surface area (Å²) >= 11 is 6.26. The fourth-order valence-electron chi connectivity index (χ4n) is 3.66. The Morgan fingerprint density at radius 1 is 1.30 bits per heavy atom. The Kier molecular flexibility index (Phi) is 6.30. The summed E-state index contributed by atoms with van der Waals surface area (Å²) in [5, 5.41) is 9.76. The fourth-order valence-corrected chi connectivity index (χ4v) is 3.87. The van der Waals surface area contributed by atoms with Gasteiger partial charge in [-0.1, -0.05) is 29.8 Å². The number of fused-ring (bicyclic) bond motifs is 1. The molecular formula is C18H19Cl2F3N6O. The first-order valence-corrected chi connectivity index (χ1v) is 9.45. The van der Waals surface area contributed by atoms with Crippen LogP contribution in [0.1, 0.15) is 29.8 Å². The molecule has 3 N–H and O–H groups in total. The van der Waals surface area contributed by atoms with E-state index in [9.17, 15) is 18.0 Å². The third-order valence-corrected chi connectivity index (χ3v) is 5.35. The molecule has 0 spiro atoms. The van der Waals surface area contributed by atoms with Gasteiger partial charge in [-0.3, -0.25) is 4.79 Å². The lowest BCUT2D eigenvalue weighted by Crippen LogP contribution is -2.43. The van der Waals surface area contributed by atoms with Crippen molar-refractivity contribution in [3.05, 3.63) is 56.6 Å². The van der Waals surface area contributed by atoms with Gasteiger partial charge in [-0.25, -0.2) is 9.61 Å². The molecule has 7 nitrogen and oxygen atoms in total. The van der Waals surface area contributed by atoms with E-state index in [2.05, 4.69) is 10.2 Å². The molecule has 1 fully saturated rings. The number of nitrogens with zero attached hydrogens (tertiary/aromatic N) is 4. The van der Waals surface area contributed by atoms with Crippen molar-refractivity contribution in [3.63, 3.8) is 0 Å². The van der Waals surface area contributed by atoms with E-state index in [1.54, 1.807) is 24.3 Å². The standard InChI is InChI=1S/C18H18ClF3N6O.ClH/c19-13-6-2-1-4-10(13)8-12-14-16(29)24-25-17(18(20,21)22)28(14)26-15(12)27-7-3-5-11(23)9-27;/h1-2,4,6,11H,3,5,7-9,23H2,(H,24,29);1H/t11-;/m1./s1. The van der Waals surface area contributed by atoms with Crippen LogP contribution >= 0.6 is 24.0 Å². The SMILES string of the molecule is Cl.N[C@@H]1CCCN(c2nn3c(C(F)(F)F)n[nH]c(=O)c3c2Cc2ccccc2Cl)C1. The Morgan fingerprint density at radius 2 is 2.03 bits per heavy atom. The number of alkyl halides is 3. The van der Waals surface area contributed by atoms with Crippen molar-refractivity contribution < 1.29 is 13.2 Å². The van der Waals surface area contributed by atoms with Crippen LogP contribution in [-0.2, 0) is 12.6 Å². The van der Waals surface area contributed by atoms with Crippen molar-refractivity contribution in [1.82, 2.24) is 19.8 Å². The maximum atomic E-state index is 13.5. The smallest absolute Gasteiger partial charge is 0.353 e. The number of aromatic nitrogens is 4. The normalized spacial score (nSPS) is 17.2. The molecule has 162 valence electrons. The summed E-state index contributed by atoms with van der Waals surface area (Å²) in [5.74, 6) is -0.996. The molecular weight excluding hydrogens is 444 g/mol. The van der Waals surface area contributed by atoms with Gasteiger partial charge in [-0.05, 0) is 24.5 Å². The molecule has 2 aromatic heterocycles. The predicted molar refractivity (Wildman–Crippen MR) is 110 cm³/mol. The van der Waals surface area contributed by atoms with Crippen LogP contribution in [0.4, 0.5) is 19.0 Å². The zero-order valence-corrected chi connectivity index (χ0v) is 17.2. The highest BCUT2D eigenvalue weighted by Crippen LogP contribution is 2.33. The summed E-state index contributed by atoms with van der Waals surface area (Å²) in [5.41, 5.74) is 6.15. The molecule has 1 atom stereocenters. The summed E-state index contributed by atoms with van der Waals surface area (Å²) in [6, 6.07) is 6.85. The molecule has 0 amide bonds. The third-order valence-electron chi connectivity index (χ3n) is 4.98. The van der Waals surface area contributed by atoms with Crippen LogP contribution in [0.25, 0.3) is 5.52 Å². The summed E-state index contributed by atoms with van der Waals surface area (Å²) in [6.45, 7) is 1.02. The van der Waals surface area contributed by atoms with Gasteiger partial charge in [0.1, 0.15) is 5.52 Å². The molecule has 1 aliphatic rings. The third kappa shape index (κ3) is 4.12. The van der Waals surface area contributed by atoms with Crippen LogP contribution < -0.4 is 16.2 Å². The van der Waals surface area contributed by atoms with Crippen molar-refractivity contribution in [2.24, 2.45) is 5.73 Å². The highest BCUT2D eigenvalue weighted by atomic mass is 35.5. The average Bonchev–Trinajstić information content (AvgIpc) is 3.03. The number of anilines is 1. The Balaban J connectivity index is 0.00000256. The number of H-pyrrole nitrogens is 1. The Morgan fingerprint density at radius 3 is 2.70 bits per heavy atom. The number of halogens is 5. The summed E-state index contributed by atoms with van der Waals surface area (Å²) in [4.78, 5) is 14.3. The van der Waals surface area contributed by atoms with Crippen molar-refractivity contribution in [3.8, 4) is 0 Å². The van der Waals surface area contributed by atoms with Gasteiger partial charge >= 0.3 is 6.18 Å². The monoisotopic (exact) mass is 462 g/mol. The van der Waals surface area contributed by atoms with Crippen molar-refractivity contribution in [2.75, 3.05) is 18.0 Å². The molecule has 3 aromatic rings. The Labute approximate surface area is 180 Å². The van der Waals surface area contributed by atoms with Crippen molar-refractivity contribution in [2.45, 2.75) is 31.5 Å². The largest absolute Gasteiger partial charge is 0.453 e. The second-order valence-electron chi connectivity index (χ2n) is 7.05. The zero-order valence-electron chi connectivity index (χ0n) is 15.6. The first-order chi connectivity index (χ1) is 13.8. The van der Waals surface area contributed by atoms with Gasteiger partial charge < -0.3 is 10.6 Å². The number of nitrogens with one attached hydrogen (secondary N) is 1. The average molecular weight is 463 g/mol. The number of piperidine rings is 1. The molecule has 0 bridgehead atoms. The molecule has 1 saturated heterocycles. The van der Waals surface area contributed by atoms with Crippen LogP contribution in [0.5, 0.6) is 0 Å². The minimum Gasteiger partial charge on any atom is -0.353 e. The molecule has 0 saturated carbocycles. The van der Waals surface area contributed by atoms with E-state index in [1.165, 1.54) is 0 Å². The van der Waals surface area contributed by atoms with Crippen molar-refractivity contribution in [1.29, 1.82) is 0 Å². The van der Waals surface area contributed by atoms with E-state index >= 15 is 0 Å². The maximum Gasteiger partial charge on any atom is 0.453 e. The zero-order chi connectivity index (χ0) is 20.8. The number of benzene rings is 1. The van der Waals surface area contributed by atoms with E-state index in [0.717, 1.165) is 12.8 Å². The van der Waals surface area contributed by atoms with Gasteiger partial charge in [0, 0.05) is 36.1 Å². The van der Waals surface area contributed by atoms with Crippen LogP contribution in [-0.4, -0.2) is 38.9 Å². The number of aromatic amines is 1. The van der Waals surface area contributed by atoms with Crippen LogP contribution in [0.2, 0.25) is 5.02 Å². The highest BCUT2D eigenvalue weighted by Gasteiger charge is 2.38. The second-order valence-corrected chi connectivity index (χ2v) is 7.46. The van der Waals surface area contributed by atoms with Crippen molar-refractivity contribution >= 4 is 35.3 Å². The van der Waals surface area contributed by atoms with Gasteiger partial charge in [0.2, 0.25) is 0 Å². The van der Waals surface area contributed by atoms with Crippen LogP contribution in [0, 0.1) is 0 Å². The number of nitrogens with two attached hydrogens (primary N) is 1. The van der Waals surface area contributed by atoms with Gasteiger partial charge in [0.05, 0.1) is 0 Å². The summed E-state index contributed by atoms with van der Waals surface area (Å²) in [6.07, 6.45) is -3.04. The summed E-state index contributed by atoms with van der Waals surface area (Å²) in [7, 11) is 0. The summed E-state index contributed by atoms with van der Waals surface area (Å²) < 4.78 is 41.0. The van der Waals surface area contributed by atoms with Gasteiger partial charge in [0.25, 0.3) is 11.4 Å². The first-order valence-electron chi connectivity index (χ1n) is 9.07. The molecule has 4 rings (SSSR count). The molecule has 0 aliphatic carbocycles. The molecule has 1 aromatic carbocycles.